The summed E-state index contributed by atoms with van der Waals surface area (Å²) >= 11 is 0. The summed E-state index contributed by atoms with van der Waals surface area (Å²) in [7, 11) is -2.42. The zero-order valence-corrected chi connectivity index (χ0v) is 15.5. The second-order valence-corrected chi connectivity index (χ2v) is 8.67. The van der Waals surface area contributed by atoms with Gasteiger partial charge in [0.05, 0.1) is 13.2 Å². The van der Waals surface area contributed by atoms with Crippen molar-refractivity contribution in [1.82, 2.24) is 0 Å². The van der Waals surface area contributed by atoms with Crippen LogP contribution in [0.4, 0.5) is 0 Å². The third-order valence-electron chi connectivity index (χ3n) is 4.87. The van der Waals surface area contributed by atoms with Crippen molar-refractivity contribution in [3.63, 3.8) is 0 Å². The summed E-state index contributed by atoms with van der Waals surface area (Å²) < 4.78 is 46.7. The van der Waals surface area contributed by atoms with Crippen LogP contribution in [0.25, 0.3) is 0 Å². The molecule has 0 bridgehead atoms. The maximum Gasteiger partial charge on any atom is 0.177 e. The van der Waals surface area contributed by atoms with Crippen LogP contribution in [-0.2, 0) is 28.8 Å². The maximum absolute atomic E-state index is 13.2. The van der Waals surface area contributed by atoms with Gasteiger partial charge in [0, 0.05) is 14.2 Å². The monoisotopic (exact) mass is 418 g/mol. The first-order chi connectivity index (χ1) is 12.6. The van der Waals surface area contributed by atoms with Crippen molar-refractivity contribution in [3.05, 3.63) is 0 Å². The second kappa shape index (κ2) is 8.92. The van der Waals surface area contributed by atoms with E-state index in [9.17, 15) is 39.1 Å². The van der Waals surface area contributed by atoms with Gasteiger partial charge in [0.15, 0.2) is 22.4 Å². The van der Waals surface area contributed by atoms with Crippen molar-refractivity contribution in [2.24, 2.45) is 0 Å². The molecule has 0 saturated carbocycles. The largest absolute Gasteiger partial charge is 0.394 e. The first-order valence-corrected chi connectivity index (χ1v) is 9.79. The summed E-state index contributed by atoms with van der Waals surface area (Å²) in [6.07, 6.45) is -13.1. The molecule has 0 aromatic rings. The maximum atomic E-state index is 13.2. The number of hydrogen-bond acceptors (Lipinski definition) is 12. The summed E-state index contributed by atoms with van der Waals surface area (Å²) in [4.78, 5) is 0. The lowest BCUT2D eigenvalue weighted by Gasteiger charge is -2.46. The molecule has 10 atom stereocenters. The number of aliphatic hydroxyl groups is 6. The van der Waals surface area contributed by atoms with Gasteiger partial charge in [0.1, 0.15) is 47.1 Å². The molecule has 2 aliphatic rings. The molecular formula is C14H26O12S. The lowest BCUT2D eigenvalue weighted by Crippen LogP contribution is -2.68. The van der Waals surface area contributed by atoms with Gasteiger partial charge >= 0.3 is 0 Å². The predicted octanol–water partition coefficient (Wildman–Crippen LogP) is -4.69. The minimum atomic E-state index is -4.62. The molecular weight excluding hydrogens is 392 g/mol. The first-order valence-electron chi connectivity index (χ1n) is 8.18. The fraction of sp³-hybridized carbons (Fsp3) is 1.00. The number of ether oxygens (including phenoxy) is 4. The molecule has 0 radical (unpaired) electrons. The molecule has 0 spiro atoms. The van der Waals surface area contributed by atoms with E-state index in [0.29, 0.717) is 0 Å². The molecule has 13 heteroatoms. The number of aliphatic hydroxyl groups excluding tert-OH is 6. The average molecular weight is 418 g/mol. The molecule has 2 aliphatic heterocycles. The third kappa shape index (κ3) is 4.00. The van der Waals surface area contributed by atoms with E-state index in [2.05, 4.69) is 0 Å². The van der Waals surface area contributed by atoms with Crippen LogP contribution < -0.4 is 0 Å². The number of hydrogen-bond donors (Lipinski definition) is 6. The molecule has 2 saturated heterocycles. The Hall–Kier alpha value is -0.450. The molecule has 27 heavy (non-hydrogen) atoms. The van der Waals surface area contributed by atoms with Gasteiger partial charge < -0.3 is 49.6 Å². The Morgan fingerprint density at radius 3 is 1.33 bits per heavy atom. The first kappa shape index (κ1) is 22.8. The zero-order valence-electron chi connectivity index (χ0n) is 14.7. The van der Waals surface area contributed by atoms with Crippen LogP contribution in [0.3, 0.4) is 0 Å². The molecule has 2 heterocycles. The van der Waals surface area contributed by atoms with Crippen LogP contribution in [0, 0.1) is 0 Å². The van der Waals surface area contributed by atoms with Crippen molar-refractivity contribution in [2.75, 3.05) is 27.4 Å². The van der Waals surface area contributed by atoms with E-state index < -0.39 is 82.8 Å². The van der Waals surface area contributed by atoms with E-state index >= 15 is 0 Å². The molecule has 0 amide bonds. The highest BCUT2D eigenvalue weighted by molar-refractivity contribution is 7.92. The molecule has 0 aromatic heterocycles. The van der Waals surface area contributed by atoms with E-state index in [-0.39, 0.29) is 0 Å². The van der Waals surface area contributed by atoms with Crippen molar-refractivity contribution in [2.45, 2.75) is 59.7 Å². The van der Waals surface area contributed by atoms with Crippen molar-refractivity contribution < 1.29 is 58.0 Å². The van der Waals surface area contributed by atoms with Gasteiger partial charge in [-0.05, 0) is 0 Å². The van der Waals surface area contributed by atoms with Crippen molar-refractivity contribution >= 4 is 9.84 Å². The quantitative estimate of drug-likeness (QED) is 0.242. The third-order valence-corrected chi connectivity index (χ3v) is 7.39. The molecule has 0 unspecified atom stereocenters. The lowest BCUT2D eigenvalue weighted by atomic mass is 10.0. The fourth-order valence-corrected chi connectivity index (χ4v) is 5.80. The van der Waals surface area contributed by atoms with Gasteiger partial charge in [0.25, 0.3) is 0 Å². The Balaban J connectivity index is 2.42. The SMILES string of the molecule is CO[C@@H]1O[C@H](CO)[C@@H](O)[C@H](O)[C@@H]1S(=O)(=O)[C@@H]1[C@H](OC)O[C@H](CO)[C@@H](O)[C@@H]1O. The van der Waals surface area contributed by atoms with Crippen LogP contribution in [-0.4, -0.2) is 126 Å². The van der Waals surface area contributed by atoms with Gasteiger partial charge in [-0.2, -0.15) is 0 Å². The van der Waals surface area contributed by atoms with E-state index in [4.69, 9.17) is 18.9 Å². The predicted molar refractivity (Wildman–Crippen MR) is 86.0 cm³/mol. The van der Waals surface area contributed by atoms with Crippen LogP contribution >= 0.6 is 0 Å². The van der Waals surface area contributed by atoms with Gasteiger partial charge in [-0.3, -0.25) is 0 Å². The minimum absolute atomic E-state index is 0.697. The molecule has 2 fully saturated rings. The summed E-state index contributed by atoms with van der Waals surface area (Å²) in [6.45, 7) is -1.39. The van der Waals surface area contributed by atoms with Crippen molar-refractivity contribution in [1.29, 1.82) is 0 Å². The van der Waals surface area contributed by atoms with Crippen LogP contribution in [0.5, 0.6) is 0 Å². The molecule has 12 nitrogen and oxygen atoms in total. The molecule has 0 aromatic carbocycles. The normalized spacial score (nSPS) is 46.4. The number of methoxy groups -OCH3 is 2. The summed E-state index contributed by atoms with van der Waals surface area (Å²) in [5.74, 6) is 0. The lowest BCUT2D eigenvalue weighted by molar-refractivity contribution is -0.252. The highest BCUT2D eigenvalue weighted by Crippen LogP contribution is 2.35. The van der Waals surface area contributed by atoms with E-state index in [1.165, 1.54) is 0 Å². The van der Waals surface area contributed by atoms with Crippen LogP contribution in [0.15, 0.2) is 0 Å². The fourth-order valence-electron chi connectivity index (χ4n) is 3.37. The van der Waals surface area contributed by atoms with Gasteiger partial charge in [-0.25, -0.2) is 8.42 Å². The zero-order chi connectivity index (χ0) is 20.5. The molecule has 2 rings (SSSR count). The second-order valence-electron chi connectivity index (χ2n) is 6.40. The van der Waals surface area contributed by atoms with Gasteiger partial charge in [-0.15, -0.1) is 0 Å². The molecule has 160 valence electrons. The van der Waals surface area contributed by atoms with Gasteiger partial charge in [0.2, 0.25) is 0 Å². The standard InChI is InChI=1S/C14H26O12S/c1-23-13-11(9(19)7(17)5(3-15)25-13)27(21,22)12-10(20)8(18)6(4-16)26-14(12)24-2/h5-20H,3-4H2,1-2H3/t5-,6-,7-,8-,9+,10+,11+,12+,13-,14-/m1/s1. The Morgan fingerprint density at radius 2 is 1.07 bits per heavy atom. The van der Waals surface area contributed by atoms with Crippen molar-refractivity contribution in [3.8, 4) is 0 Å². The topological polar surface area (TPSA) is 192 Å². The molecule has 6 N–H and O–H groups in total. The Bertz CT molecular complexity index is 537. The minimum Gasteiger partial charge on any atom is -0.394 e. The van der Waals surface area contributed by atoms with E-state index in [1.54, 1.807) is 0 Å². The summed E-state index contributed by atoms with van der Waals surface area (Å²) in [5.41, 5.74) is 0. The summed E-state index contributed by atoms with van der Waals surface area (Å²) in [5, 5.41) is 55.4. The van der Waals surface area contributed by atoms with E-state index in [0.717, 1.165) is 14.2 Å². The number of rotatable bonds is 6. The molecule has 0 aliphatic carbocycles. The number of sulfone groups is 1. The smallest absolute Gasteiger partial charge is 0.177 e. The Labute approximate surface area is 155 Å². The Morgan fingerprint density at radius 1 is 0.741 bits per heavy atom. The Kier molecular flexibility index (Phi) is 7.54. The van der Waals surface area contributed by atoms with Crippen LogP contribution in [0.2, 0.25) is 0 Å². The highest BCUT2D eigenvalue weighted by atomic mass is 32.2. The summed E-state index contributed by atoms with van der Waals surface area (Å²) in [6, 6.07) is 0. The van der Waals surface area contributed by atoms with Gasteiger partial charge in [-0.1, -0.05) is 0 Å². The van der Waals surface area contributed by atoms with Crippen LogP contribution in [0.1, 0.15) is 0 Å². The highest BCUT2D eigenvalue weighted by Gasteiger charge is 2.59. The average Bonchev–Trinajstić information content (AvgIpc) is 2.64. The van der Waals surface area contributed by atoms with E-state index in [1.807, 2.05) is 0 Å².